The van der Waals surface area contributed by atoms with Gasteiger partial charge in [0, 0.05) is 36.6 Å². The van der Waals surface area contributed by atoms with Crippen molar-refractivity contribution < 1.29 is 9.53 Å². The topological polar surface area (TPSA) is 54.5 Å². The molecule has 2 aliphatic rings. The molecule has 31 heavy (non-hydrogen) atoms. The Bertz CT molecular complexity index is 822. The summed E-state index contributed by atoms with van der Waals surface area (Å²) in [7, 11) is 0. The van der Waals surface area contributed by atoms with E-state index in [0.717, 1.165) is 53.9 Å². The first-order chi connectivity index (χ1) is 15.2. The van der Waals surface area contributed by atoms with Gasteiger partial charge in [0.2, 0.25) is 5.91 Å². The van der Waals surface area contributed by atoms with Crippen molar-refractivity contribution in [2.75, 3.05) is 26.2 Å². The first kappa shape index (κ1) is 22.3. The molecule has 1 N–H and O–H groups in total. The van der Waals surface area contributed by atoms with Gasteiger partial charge in [0.15, 0.2) is 0 Å². The highest BCUT2D eigenvalue weighted by Crippen LogP contribution is 2.27. The largest absolute Gasteiger partial charge is 0.494 e. The van der Waals surface area contributed by atoms with Gasteiger partial charge in [0.25, 0.3) is 0 Å². The van der Waals surface area contributed by atoms with Crippen molar-refractivity contribution in [2.24, 2.45) is 5.92 Å². The maximum atomic E-state index is 12.6. The Balaban J connectivity index is 1.20. The molecule has 2 fully saturated rings. The van der Waals surface area contributed by atoms with Gasteiger partial charge >= 0.3 is 0 Å². The summed E-state index contributed by atoms with van der Waals surface area (Å²) in [5.74, 6) is 1.86. The third-order valence-electron chi connectivity index (χ3n) is 6.50. The third-order valence-corrected chi connectivity index (χ3v) is 7.44. The Kier molecular flexibility index (Phi) is 7.97. The van der Waals surface area contributed by atoms with Crippen molar-refractivity contribution in [1.29, 1.82) is 0 Å². The number of likely N-dealkylation sites (tertiary alicyclic amines) is 1. The highest BCUT2D eigenvalue weighted by molar-refractivity contribution is 7.13. The van der Waals surface area contributed by atoms with Gasteiger partial charge in [-0.25, -0.2) is 4.98 Å². The van der Waals surface area contributed by atoms with Gasteiger partial charge in [-0.2, -0.15) is 0 Å². The van der Waals surface area contributed by atoms with Crippen LogP contribution >= 0.6 is 11.3 Å². The zero-order valence-electron chi connectivity index (χ0n) is 18.6. The molecule has 1 saturated heterocycles. The van der Waals surface area contributed by atoms with Crippen molar-refractivity contribution in [3.8, 4) is 16.3 Å². The summed E-state index contributed by atoms with van der Waals surface area (Å²) in [5.41, 5.74) is 1.91. The van der Waals surface area contributed by atoms with Crippen LogP contribution < -0.4 is 10.1 Å². The van der Waals surface area contributed by atoms with Crippen molar-refractivity contribution in [3.63, 3.8) is 0 Å². The van der Waals surface area contributed by atoms with Gasteiger partial charge in [-0.15, -0.1) is 11.3 Å². The number of hydrogen-bond acceptors (Lipinski definition) is 5. The molecule has 0 spiro atoms. The molecule has 0 bridgehead atoms. The molecule has 168 valence electrons. The molecular weight excluding hydrogens is 406 g/mol. The number of thiazole rings is 1. The highest BCUT2D eigenvalue weighted by Gasteiger charge is 2.24. The number of benzene rings is 1. The summed E-state index contributed by atoms with van der Waals surface area (Å²) in [4.78, 5) is 19.9. The third kappa shape index (κ3) is 6.53. The van der Waals surface area contributed by atoms with Crippen LogP contribution in [-0.4, -0.2) is 48.1 Å². The minimum absolute atomic E-state index is 0.0919. The van der Waals surface area contributed by atoms with Crippen molar-refractivity contribution in [2.45, 2.75) is 64.3 Å². The lowest BCUT2D eigenvalue weighted by molar-refractivity contribution is -0.121. The molecule has 6 heteroatoms. The number of aromatic nitrogens is 1. The molecular formula is C25H35N3O2S. The summed E-state index contributed by atoms with van der Waals surface area (Å²) >= 11 is 1.59. The number of amides is 1. The van der Waals surface area contributed by atoms with Crippen LogP contribution in [0.2, 0.25) is 0 Å². The maximum absolute atomic E-state index is 12.6. The number of carbonyl (C=O) groups excluding carboxylic acids is 1. The van der Waals surface area contributed by atoms with Gasteiger partial charge < -0.3 is 15.0 Å². The molecule has 1 aliphatic heterocycles. The first-order valence-electron chi connectivity index (χ1n) is 11.9. The van der Waals surface area contributed by atoms with E-state index < -0.39 is 0 Å². The molecule has 0 atom stereocenters. The van der Waals surface area contributed by atoms with Crippen LogP contribution in [0.1, 0.15) is 57.6 Å². The average Bonchev–Trinajstić information content (AvgIpc) is 3.25. The fourth-order valence-electron chi connectivity index (χ4n) is 4.82. The van der Waals surface area contributed by atoms with Crippen molar-refractivity contribution >= 4 is 17.2 Å². The molecule has 1 aliphatic carbocycles. The minimum atomic E-state index is 0.0919. The smallest absolute Gasteiger partial charge is 0.226 e. The van der Waals surface area contributed by atoms with Crippen LogP contribution in [0.15, 0.2) is 29.6 Å². The Labute approximate surface area is 190 Å². The van der Waals surface area contributed by atoms with E-state index in [1.165, 1.54) is 38.6 Å². The minimum Gasteiger partial charge on any atom is -0.494 e. The summed E-state index contributed by atoms with van der Waals surface area (Å²) in [5, 5.41) is 6.19. The monoisotopic (exact) mass is 441 g/mol. The number of hydrogen-bond donors (Lipinski definition) is 1. The van der Waals surface area contributed by atoms with Gasteiger partial charge in [-0.3, -0.25) is 4.79 Å². The van der Waals surface area contributed by atoms with Crippen molar-refractivity contribution in [1.82, 2.24) is 15.2 Å². The van der Waals surface area contributed by atoms with Gasteiger partial charge in [0.1, 0.15) is 10.8 Å². The standard InChI is InChI=1S/C25H35N3O2S/c1-2-30-23-10-8-20(9-11-23)25-27-22(18-31-25)16-24(29)26-21-12-14-28(15-13-21)17-19-6-4-3-5-7-19/h8-11,18-19,21H,2-7,12-17H2,1H3,(H,26,29). The lowest BCUT2D eigenvalue weighted by Gasteiger charge is -2.35. The fourth-order valence-corrected chi connectivity index (χ4v) is 5.64. The second kappa shape index (κ2) is 11.1. The second-order valence-corrected chi connectivity index (χ2v) is 9.78. The predicted octanol–water partition coefficient (Wildman–Crippen LogP) is 4.91. The summed E-state index contributed by atoms with van der Waals surface area (Å²) in [6.07, 6.45) is 9.54. The highest BCUT2D eigenvalue weighted by atomic mass is 32.1. The molecule has 4 rings (SSSR count). The Morgan fingerprint density at radius 1 is 1.13 bits per heavy atom. The molecule has 1 aromatic heterocycles. The first-order valence-corrected chi connectivity index (χ1v) is 12.8. The number of ether oxygens (including phenoxy) is 1. The average molecular weight is 442 g/mol. The predicted molar refractivity (Wildman–Crippen MR) is 127 cm³/mol. The fraction of sp³-hybridized carbons (Fsp3) is 0.600. The zero-order chi connectivity index (χ0) is 21.5. The van der Waals surface area contributed by atoms with E-state index >= 15 is 0 Å². The van der Waals surface area contributed by atoms with E-state index in [0.29, 0.717) is 19.1 Å². The Morgan fingerprint density at radius 3 is 2.58 bits per heavy atom. The van der Waals surface area contributed by atoms with Crippen LogP contribution in [0, 0.1) is 5.92 Å². The van der Waals surface area contributed by atoms with E-state index in [-0.39, 0.29) is 5.91 Å². The van der Waals surface area contributed by atoms with E-state index in [4.69, 9.17) is 4.74 Å². The molecule has 0 unspecified atom stereocenters. The van der Waals surface area contributed by atoms with Crippen LogP contribution in [0.5, 0.6) is 5.75 Å². The molecule has 2 aromatic rings. The van der Waals surface area contributed by atoms with Crippen molar-refractivity contribution in [3.05, 3.63) is 35.3 Å². The normalized spacial score (nSPS) is 18.7. The van der Waals surface area contributed by atoms with Gasteiger partial charge in [-0.1, -0.05) is 19.3 Å². The number of rotatable bonds is 8. The van der Waals surface area contributed by atoms with E-state index in [2.05, 4.69) is 15.2 Å². The lowest BCUT2D eigenvalue weighted by atomic mass is 9.88. The van der Waals surface area contributed by atoms with Crippen LogP contribution in [0.3, 0.4) is 0 Å². The summed E-state index contributed by atoms with van der Waals surface area (Å²) in [6, 6.07) is 8.28. The molecule has 5 nitrogen and oxygen atoms in total. The summed E-state index contributed by atoms with van der Waals surface area (Å²) in [6.45, 7) is 6.12. The zero-order valence-corrected chi connectivity index (χ0v) is 19.5. The van der Waals surface area contributed by atoms with Gasteiger partial charge in [-0.05, 0) is 62.8 Å². The Morgan fingerprint density at radius 2 is 1.87 bits per heavy atom. The van der Waals surface area contributed by atoms with Crippen LogP contribution in [-0.2, 0) is 11.2 Å². The molecule has 1 aromatic carbocycles. The van der Waals surface area contributed by atoms with Gasteiger partial charge in [0.05, 0.1) is 18.7 Å². The van der Waals surface area contributed by atoms with Crippen LogP contribution in [0.4, 0.5) is 0 Å². The SMILES string of the molecule is CCOc1ccc(-c2nc(CC(=O)NC3CCN(CC4CCCCC4)CC3)cs2)cc1. The maximum Gasteiger partial charge on any atom is 0.226 e. The molecule has 2 heterocycles. The Hall–Kier alpha value is -1.92. The number of carbonyl (C=O) groups is 1. The molecule has 1 saturated carbocycles. The van der Waals surface area contributed by atoms with E-state index in [9.17, 15) is 4.79 Å². The second-order valence-electron chi connectivity index (χ2n) is 8.92. The number of nitrogens with zero attached hydrogens (tertiary/aromatic N) is 2. The molecule has 0 radical (unpaired) electrons. The number of piperidine rings is 1. The quantitative estimate of drug-likeness (QED) is 0.632. The van der Waals surface area contributed by atoms with Crippen LogP contribution in [0.25, 0.3) is 10.6 Å². The van der Waals surface area contributed by atoms with E-state index in [1.54, 1.807) is 11.3 Å². The lowest BCUT2D eigenvalue weighted by Crippen LogP contribution is -2.46. The summed E-state index contributed by atoms with van der Waals surface area (Å²) < 4.78 is 5.50. The molecule has 1 amide bonds. The number of nitrogens with one attached hydrogen (secondary N) is 1. The van der Waals surface area contributed by atoms with E-state index in [1.807, 2.05) is 36.6 Å².